The first-order chi connectivity index (χ1) is 19.0. The third-order valence-electron chi connectivity index (χ3n) is 14.1. The molecule has 3 nitrogen and oxygen atoms in total. The van der Waals surface area contributed by atoms with Crippen molar-refractivity contribution < 1.29 is 4.79 Å². The van der Waals surface area contributed by atoms with Crippen LogP contribution in [0.4, 0.5) is 4.79 Å². The lowest BCUT2D eigenvalue weighted by molar-refractivity contribution is -0.138. The van der Waals surface area contributed by atoms with Crippen molar-refractivity contribution in [1.82, 2.24) is 10.0 Å². The minimum absolute atomic E-state index is 0.0225. The highest BCUT2D eigenvalue weighted by atomic mass is 32.2. The highest BCUT2D eigenvalue weighted by molar-refractivity contribution is 7.98. The van der Waals surface area contributed by atoms with E-state index in [0.29, 0.717) is 27.4 Å². The molecular weight excluding hydrogens is 508 g/mol. The van der Waals surface area contributed by atoms with Crippen LogP contribution in [0.2, 0.25) is 0 Å². The lowest BCUT2D eigenvalue weighted by Gasteiger charge is -2.63. The smallest absolute Gasteiger partial charge is 0.324 e. The van der Waals surface area contributed by atoms with E-state index in [0.717, 1.165) is 54.4 Å². The fraction of sp³-hybridized carbons (Fsp3) is 0.972. The number of urea groups is 1. The largest absolute Gasteiger partial charge is 0.337 e. The van der Waals surface area contributed by atoms with Crippen molar-refractivity contribution in [2.75, 3.05) is 6.54 Å². The SMILES string of the molecule is CC[C@H]1CC2C3CCC([C@H](C)CCNC(=O)NSC4CCC(C(C)(C)C)CC4)C3(C)CC[C@@H]2C2(C)CCCCC12. The quantitative estimate of drug-likeness (QED) is 0.298. The Bertz CT molecular complexity index is 861. The van der Waals surface area contributed by atoms with Gasteiger partial charge in [0.2, 0.25) is 0 Å². The molecule has 2 N–H and O–H groups in total. The third kappa shape index (κ3) is 6.01. The number of carbonyl (C=O) groups is 1. The molecule has 0 aliphatic heterocycles. The number of fused-ring (bicyclic) bond motifs is 5. The molecular formula is C36H64N2OS. The lowest BCUT2D eigenvalue weighted by Crippen LogP contribution is -2.55. The van der Waals surface area contributed by atoms with Crippen molar-refractivity contribution in [3.63, 3.8) is 0 Å². The molecule has 0 saturated heterocycles. The van der Waals surface area contributed by atoms with E-state index in [1.807, 2.05) is 0 Å². The normalized spacial score (nSPS) is 44.2. The van der Waals surface area contributed by atoms with Crippen molar-refractivity contribution >= 4 is 18.0 Å². The van der Waals surface area contributed by atoms with Crippen molar-refractivity contribution in [3.8, 4) is 0 Å². The Labute approximate surface area is 252 Å². The van der Waals surface area contributed by atoms with Crippen molar-refractivity contribution in [3.05, 3.63) is 0 Å². The van der Waals surface area contributed by atoms with Crippen molar-refractivity contribution in [1.29, 1.82) is 0 Å². The summed E-state index contributed by atoms with van der Waals surface area (Å²) in [6, 6.07) is 0.0225. The van der Waals surface area contributed by atoms with Gasteiger partial charge in [0.25, 0.3) is 0 Å². The maximum absolute atomic E-state index is 12.6. The Kier molecular flexibility index (Phi) is 9.56. The van der Waals surface area contributed by atoms with Gasteiger partial charge in [-0.1, -0.05) is 67.7 Å². The summed E-state index contributed by atoms with van der Waals surface area (Å²) in [4.78, 5) is 12.6. The van der Waals surface area contributed by atoms with Crippen molar-refractivity contribution in [2.24, 2.45) is 63.6 Å². The highest BCUT2D eigenvalue weighted by Crippen LogP contribution is 2.69. The Hall–Kier alpha value is -0.380. The molecule has 0 radical (unpaired) electrons. The molecule has 5 saturated carbocycles. The van der Waals surface area contributed by atoms with Gasteiger partial charge >= 0.3 is 6.03 Å². The molecule has 0 aromatic rings. The van der Waals surface area contributed by atoms with Crippen LogP contribution in [0, 0.1) is 63.6 Å². The van der Waals surface area contributed by atoms with Crippen LogP contribution in [0.3, 0.4) is 0 Å². The molecule has 0 heterocycles. The van der Waals surface area contributed by atoms with E-state index in [4.69, 9.17) is 0 Å². The second-order valence-electron chi connectivity index (χ2n) is 16.9. The molecule has 5 rings (SSSR count). The minimum Gasteiger partial charge on any atom is -0.337 e. The second kappa shape index (κ2) is 12.3. The van der Waals surface area contributed by atoms with Crippen LogP contribution >= 0.6 is 11.9 Å². The summed E-state index contributed by atoms with van der Waals surface area (Å²) in [6.45, 7) is 18.4. The van der Waals surface area contributed by atoms with E-state index in [1.165, 1.54) is 89.9 Å². The fourth-order valence-corrected chi connectivity index (χ4v) is 12.7. The van der Waals surface area contributed by atoms with Crippen LogP contribution in [-0.4, -0.2) is 17.8 Å². The predicted octanol–water partition coefficient (Wildman–Crippen LogP) is 10.2. The maximum Gasteiger partial charge on any atom is 0.324 e. The summed E-state index contributed by atoms with van der Waals surface area (Å²) in [5.74, 6) is 7.21. The van der Waals surface area contributed by atoms with Gasteiger partial charge in [0.15, 0.2) is 0 Å². The van der Waals surface area contributed by atoms with E-state index in [1.54, 1.807) is 11.9 Å². The lowest BCUT2D eigenvalue weighted by atomic mass is 9.42. The van der Waals surface area contributed by atoms with Crippen LogP contribution < -0.4 is 10.0 Å². The van der Waals surface area contributed by atoms with E-state index in [9.17, 15) is 4.79 Å². The van der Waals surface area contributed by atoms with Gasteiger partial charge < -0.3 is 5.32 Å². The first-order valence-electron chi connectivity index (χ1n) is 17.7. The first-order valence-corrected chi connectivity index (χ1v) is 18.5. The topological polar surface area (TPSA) is 41.1 Å². The summed E-state index contributed by atoms with van der Waals surface area (Å²) in [5, 5.41) is 3.79. The van der Waals surface area contributed by atoms with Crippen LogP contribution in [0.5, 0.6) is 0 Å². The average Bonchev–Trinajstić information content (AvgIpc) is 3.28. The van der Waals surface area contributed by atoms with Gasteiger partial charge in [0, 0.05) is 11.8 Å². The number of amides is 2. The predicted molar refractivity (Wildman–Crippen MR) is 172 cm³/mol. The molecule has 0 spiro atoms. The summed E-state index contributed by atoms with van der Waals surface area (Å²) in [7, 11) is 0. The number of hydrogen-bond donors (Lipinski definition) is 2. The molecule has 2 amide bonds. The summed E-state index contributed by atoms with van der Waals surface area (Å²) in [5.41, 5.74) is 1.55. The van der Waals surface area contributed by atoms with Gasteiger partial charge in [-0.2, -0.15) is 0 Å². The average molecular weight is 573 g/mol. The van der Waals surface area contributed by atoms with Crippen LogP contribution in [0.25, 0.3) is 0 Å². The molecule has 9 atom stereocenters. The molecule has 4 heteroatoms. The molecule has 0 aromatic heterocycles. The maximum atomic E-state index is 12.6. The van der Waals surface area contributed by atoms with Gasteiger partial charge in [-0.05, 0) is 153 Å². The first kappa shape index (κ1) is 31.1. The minimum atomic E-state index is 0.0225. The molecule has 5 fully saturated rings. The summed E-state index contributed by atoms with van der Waals surface area (Å²) >= 11 is 1.67. The second-order valence-corrected chi connectivity index (χ2v) is 18.1. The van der Waals surface area contributed by atoms with Crippen LogP contribution in [-0.2, 0) is 0 Å². The Morgan fingerprint density at radius 2 is 1.62 bits per heavy atom. The molecule has 5 aliphatic rings. The van der Waals surface area contributed by atoms with Crippen LogP contribution in [0.1, 0.15) is 145 Å². The van der Waals surface area contributed by atoms with Gasteiger partial charge in [0.05, 0.1) is 0 Å². The zero-order chi connectivity index (χ0) is 28.7. The Morgan fingerprint density at radius 3 is 2.33 bits per heavy atom. The molecule has 0 aromatic carbocycles. The Balaban J connectivity index is 1.09. The standard InChI is InChI=1S/C36H64N2OS/c1-8-25-23-28-31-17-16-29(36(31,7)21-18-32(28)35(6)20-10-9-11-30(25)35)24(2)19-22-37-33(39)38-40-27-14-12-26(13-15-27)34(3,4)5/h24-32H,8-23H2,1-7H3,(H2,37,38,39)/t24-,25+,26?,27?,28?,29?,30?,31?,32+,35?,36?/m1/s1. The van der Waals surface area contributed by atoms with Crippen molar-refractivity contribution in [2.45, 2.75) is 150 Å². The Morgan fingerprint density at radius 1 is 0.900 bits per heavy atom. The highest BCUT2D eigenvalue weighted by Gasteiger charge is 2.61. The molecule has 6 unspecified atom stereocenters. The molecule has 230 valence electrons. The summed E-state index contributed by atoms with van der Waals surface area (Å²) in [6.07, 6.45) is 20.9. The van der Waals surface area contributed by atoms with E-state index in [2.05, 4.69) is 58.5 Å². The van der Waals surface area contributed by atoms with Gasteiger partial charge in [-0.3, -0.25) is 4.72 Å². The van der Waals surface area contributed by atoms with E-state index < -0.39 is 0 Å². The van der Waals surface area contributed by atoms with Gasteiger partial charge in [-0.15, -0.1) is 0 Å². The van der Waals surface area contributed by atoms with E-state index >= 15 is 0 Å². The fourth-order valence-electron chi connectivity index (χ4n) is 11.8. The third-order valence-corrected chi connectivity index (χ3v) is 15.3. The zero-order valence-corrected chi connectivity index (χ0v) is 28.1. The van der Waals surface area contributed by atoms with E-state index in [-0.39, 0.29) is 6.03 Å². The molecule has 40 heavy (non-hydrogen) atoms. The number of carbonyl (C=O) groups excluding carboxylic acids is 1. The number of rotatable bonds is 7. The number of hydrogen-bond acceptors (Lipinski definition) is 2. The van der Waals surface area contributed by atoms with Gasteiger partial charge in [0.1, 0.15) is 0 Å². The van der Waals surface area contributed by atoms with Crippen LogP contribution in [0.15, 0.2) is 0 Å². The monoisotopic (exact) mass is 572 g/mol. The molecule has 5 aliphatic carbocycles. The summed E-state index contributed by atoms with van der Waals surface area (Å²) < 4.78 is 3.14. The zero-order valence-electron chi connectivity index (χ0n) is 27.3. The van der Waals surface area contributed by atoms with Gasteiger partial charge in [-0.25, -0.2) is 4.79 Å². The molecule has 0 bridgehead atoms. The number of nitrogens with one attached hydrogen (secondary N) is 2.